The van der Waals surface area contributed by atoms with Crippen LogP contribution in [0.25, 0.3) is 0 Å². The zero-order valence-electron chi connectivity index (χ0n) is 12.6. The van der Waals surface area contributed by atoms with Crippen molar-refractivity contribution in [3.63, 3.8) is 0 Å². The van der Waals surface area contributed by atoms with Crippen LogP contribution in [0, 0.1) is 5.41 Å². The molecule has 0 spiro atoms. The van der Waals surface area contributed by atoms with E-state index in [1.54, 1.807) is 11.9 Å². The van der Waals surface area contributed by atoms with Gasteiger partial charge in [-0.3, -0.25) is 4.79 Å². The van der Waals surface area contributed by atoms with Crippen LogP contribution in [-0.4, -0.2) is 31.2 Å². The van der Waals surface area contributed by atoms with Crippen LogP contribution in [0.15, 0.2) is 24.3 Å². The number of amides is 1. The fraction of sp³-hybridized carbons (Fsp3) is 0.500. The molecule has 1 aliphatic rings. The molecule has 1 aromatic rings. The molecule has 0 atom stereocenters. The second kappa shape index (κ2) is 6.54. The summed E-state index contributed by atoms with van der Waals surface area (Å²) in [6.45, 7) is 3.14. The van der Waals surface area contributed by atoms with Gasteiger partial charge in [-0.05, 0) is 37.0 Å². The molecular weight excluding hydrogens is 284 g/mol. The molecule has 2 N–H and O–H groups in total. The maximum atomic E-state index is 12.9. The molecule has 21 heavy (non-hydrogen) atoms. The number of thiocarbonyl (C=S) groups is 1. The summed E-state index contributed by atoms with van der Waals surface area (Å²) in [5.41, 5.74) is 7.23. The topological polar surface area (TPSA) is 55.6 Å². The number of nitrogens with two attached hydrogens (primary N) is 1. The van der Waals surface area contributed by atoms with Gasteiger partial charge in [0, 0.05) is 25.9 Å². The molecule has 1 heterocycles. The number of aryl methyl sites for hydroxylation is 1. The Bertz CT molecular complexity index is 522. The molecule has 0 radical (unpaired) electrons. The number of anilines is 1. The third-order valence-electron chi connectivity index (χ3n) is 4.26. The van der Waals surface area contributed by atoms with E-state index in [-0.39, 0.29) is 10.9 Å². The first-order chi connectivity index (χ1) is 10.0. The molecule has 1 saturated heterocycles. The third-order valence-corrected chi connectivity index (χ3v) is 4.65. The van der Waals surface area contributed by atoms with E-state index in [4.69, 9.17) is 22.7 Å². The highest BCUT2D eigenvalue weighted by Gasteiger charge is 2.44. The van der Waals surface area contributed by atoms with Crippen LogP contribution in [0.2, 0.25) is 0 Å². The predicted molar refractivity (Wildman–Crippen MR) is 88.5 cm³/mol. The maximum Gasteiger partial charge on any atom is 0.239 e. The Kier molecular flexibility index (Phi) is 4.96. The van der Waals surface area contributed by atoms with Crippen molar-refractivity contribution < 1.29 is 9.53 Å². The summed E-state index contributed by atoms with van der Waals surface area (Å²) in [7, 11) is 1.78. The largest absolute Gasteiger partial charge is 0.392 e. The molecule has 1 aliphatic heterocycles. The number of carbonyl (C=O) groups is 1. The number of benzene rings is 1. The minimum absolute atomic E-state index is 0.0393. The van der Waals surface area contributed by atoms with Crippen LogP contribution in [0.5, 0.6) is 0 Å². The van der Waals surface area contributed by atoms with Crippen LogP contribution in [0.1, 0.15) is 25.3 Å². The number of nitrogens with zero attached hydrogens (tertiary/aromatic N) is 1. The lowest BCUT2D eigenvalue weighted by Crippen LogP contribution is -2.52. The SMILES string of the molecule is CCc1ccc(N(C)C(=O)C2(C(N)=S)CCOCC2)cc1. The second-order valence-electron chi connectivity index (χ2n) is 5.44. The van der Waals surface area contributed by atoms with Crippen molar-refractivity contribution in [3.05, 3.63) is 29.8 Å². The summed E-state index contributed by atoms with van der Waals surface area (Å²) < 4.78 is 5.35. The van der Waals surface area contributed by atoms with Crippen LogP contribution in [-0.2, 0) is 16.0 Å². The maximum absolute atomic E-state index is 12.9. The highest BCUT2D eigenvalue weighted by molar-refractivity contribution is 7.80. The molecule has 0 bridgehead atoms. The van der Waals surface area contributed by atoms with Gasteiger partial charge in [-0.25, -0.2) is 0 Å². The number of ether oxygens (including phenoxy) is 1. The van der Waals surface area contributed by atoms with Crippen molar-refractivity contribution in [1.82, 2.24) is 0 Å². The number of carbonyl (C=O) groups excluding carboxylic acids is 1. The van der Waals surface area contributed by atoms with Gasteiger partial charge in [-0.1, -0.05) is 31.3 Å². The Morgan fingerprint density at radius 2 is 1.90 bits per heavy atom. The summed E-state index contributed by atoms with van der Waals surface area (Å²) >= 11 is 5.19. The molecule has 0 unspecified atom stereocenters. The van der Waals surface area contributed by atoms with E-state index in [1.807, 2.05) is 24.3 Å². The van der Waals surface area contributed by atoms with E-state index in [2.05, 4.69) is 6.92 Å². The fourth-order valence-electron chi connectivity index (χ4n) is 2.68. The highest BCUT2D eigenvalue weighted by Crippen LogP contribution is 2.34. The van der Waals surface area contributed by atoms with Gasteiger partial charge in [0.25, 0.3) is 0 Å². The van der Waals surface area contributed by atoms with Crippen molar-refractivity contribution in [2.45, 2.75) is 26.2 Å². The van der Waals surface area contributed by atoms with Crippen molar-refractivity contribution in [2.75, 3.05) is 25.2 Å². The van der Waals surface area contributed by atoms with Crippen molar-refractivity contribution >= 4 is 28.8 Å². The summed E-state index contributed by atoms with van der Waals surface area (Å²) in [5, 5.41) is 0. The second-order valence-corrected chi connectivity index (χ2v) is 5.88. The summed E-state index contributed by atoms with van der Waals surface area (Å²) in [6.07, 6.45) is 2.09. The molecule has 0 aliphatic carbocycles. The van der Waals surface area contributed by atoms with Crippen LogP contribution >= 0.6 is 12.2 Å². The highest BCUT2D eigenvalue weighted by atomic mass is 32.1. The van der Waals surface area contributed by atoms with E-state index in [0.717, 1.165) is 12.1 Å². The Labute approximate surface area is 131 Å². The minimum atomic E-state index is -0.772. The molecule has 5 heteroatoms. The van der Waals surface area contributed by atoms with Crippen molar-refractivity contribution in [2.24, 2.45) is 11.1 Å². The Hall–Kier alpha value is -1.46. The van der Waals surface area contributed by atoms with Gasteiger partial charge in [0.1, 0.15) is 5.41 Å². The first-order valence-electron chi connectivity index (χ1n) is 7.26. The summed E-state index contributed by atoms with van der Waals surface area (Å²) in [6, 6.07) is 8.00. The van der Waals surface area contributed by atoms with E-state index in [9.17, 15) is 4.79 Å². The fourth-order valence-corrected chi connectivity index (χ4v) is 2.97. The Morgan fingerprint density at radius 1 is 1.33 bits per heavy atom. The molecule has 4 nitrogen and oxygen atoms in total. The quantitative estimate of drug-likeness (QED) is 0.867. The Morgan fingerprint density at radius 3 is 2.38 bits per heavy atom. The zero-order valence-corrected chi connectivity index (χ0v) is 13.4. The van der Waals surface area contributed by atoms with Gasteiger partial charge >= 0.3 is 0 Å². The number of rotatable bonds is 4. The van der Waals surface area contributed by atoms with E-state index < -0.39 is 5.41 Å². The van der Waals surface area contributed by atoms with Gasteiger partial charge in [0.15, 0.2) is 0 Å². The smallest absolute Gasteiger partial charge is 0.239 e. The number of hydrogen-bond donors (Lipinski definition) is 1. The van der Waals surface area contributed by atoms with E-state index in [1.165, 1.54) is 5.56 Å². The molecular formula is C16H22N2O2S. The first kappa shape index (κ1) is 15.9. The first-order valence-corrected chi connectivity index (χ1v) is 7.67. The molecule has 114 valence electrons. The Balaban J connectivity index is 2.25. The molecule has 0 saturated carbocycles. The lowest BCUT2D eigenvalue weighted by atomic mass is 9.78. The van der Waals surface area contributed by atoms with Gasteiger partial charge in [0.05, 0.1) is 4.99 Å². The monoisotopic (exact) mass is 306 g/mol. The summed E-state index contributed by atoms with van der Waals surface area (Å²) in [4.78, 5) is 14.8. The minimum Gasteiger partial charge on any atom is -0.392 e. The average molecular weight is 306 g/mol. The molecule has 1 aromatic carbocycles. The standard InChI is InChI=1S/C16H22N2O2S/c1-3-12-4-6-13(7-5-12)18(2)15(19)16(14(17)21)8-10-20-11-9-16/h4-7H,3,8-11H2,1-2H3,(H2,17,21). The van der Waals surface area contributed by atoms with Crippen molar-refractivity contribution in [1.29, 1.82) is 0 Å². The molecule has 0 aromatic heterocycles. The lowest BCUT2D eigenvalue weighted by Gasteiger charge is -2.37. The van der Waals surface area contributed by atoms with E-state index >= 15 is 0 Å². The van der Waals surface area contributed by atoms with Crippen LogP contribution in [0.3, 0.4) is 0 Å². The molecule has 1 amide bonds. The zero-order chi connectivity index (χ0) is 15.5. The predicted octanol–water partition coefficient (Wildman–Crippen LogP) is 2.29. The molecule has 2 rings (SSSR count). The molecule has 1 fully saturated rings. The van der Waals surface area contributed by atoms with Gasteiger partial charge in [-0.2, -0.15) is 0 Å². The lowest BCUT2D eigenvalue weighted by molar-refractivity contribution is -0.128. The normalized spacial score (nSPS) is 17.2. The van der Waals surface area contributed by atoms with Crippen LogP contribution in [0.4, 0.5) is 5.69 Å². The van der Waals surface area contributed by atoms with Crippen LogP contribution < -0.4 is 10.6 Å². The van der Waals surface area contributed by atoms with E-state index in [0.29, 0.717) is 26.1 Å². The van der Waals surface area contributed by atoms with Gasteiger partial charge < -0.3 is 15.4 Å². The third kappa shape index (κ3) is 3.09. The van der Waals surface area contributed by atoms with Crippen molar-refractivity contribution in [3.8, 4) is 0 Å². The average Bonchev–Trinajstić information content (AvgIpc) is 2.54. The number of hydrogen-bond acceptors (Lipinski definition) is 3. The summed E-state index contributed by atoms with van der Waals surface area (Å²) in [5.74, 6) is -0.0393. The van der Waals surface area contributed by atoms with Gasteiger partial charge in [-0.15, -0.1) is 0 Å². The van der Waals surface area contributed by atoms with Gasteiger partial charge in [0.2, 0.25) is 5.91 Å².